The lowest BCUT2D eigenvalue weighted by Gasteiger charge is -2.09. The monoisotopic (exact) mass is 383 g/mol. The Labute approximate surface area is 169 Å². The van der Waals surface area contributed by atoms with E-state index >= 15 is 0 Å². The van der Waals surface area contributed by atoms with Crippen molar-refractivity contribution in [2.24, 2.45) is 0 Å². The van der Waals surface area contributed by atoms with Crippen LogP contribution < -0.4 is 4.57 Å². The summed E-state index contributed by atoms with van der Waals surface area (Å²) in [5.74, 6) is -0.300. The van der Waals surface area contributed by atoms with E-state index in [0.717, 1.165) is 13.0 Å². The van der Waals surface area contributed by atoms with Gasteiger partial charge < -0.3 is 5.11 Å². The minimum absolute atomic E-state index is 0.300. The topological polar surface area (TPSA) is 54.1 Å². The van der Waals surface area contributed by atoms with Crippen LogP contribution in [0.15, 0.2) is 48.8 Å². The van der Waals surface area contributed by atoms with Crippen molar-refractivity contribution in [3.63, 3.8) is 0 Å². The number of aromatic nitrogens is 2. The number of hydrogen-bond acceptors (Lipinski definition) is 3. The summed E-state index contributed by atoms with van der Waals surface area (Å²) < 4.78 is 1.96. The Bertz CT molecular complexity index is 688. The first-order chi connectivity index (χ1) is 13.7. The number of carbonyl (C=O) groups is 1. The van der Waals surface area contributed by atoms with Crippen LogP contribution in [-0.2, 0) is 6.54 Å². The van der Waals surface area contributed by atoms with Gasteiger partial charge in [0.05, 0.1) is 5.69 Å². The molecule has 0 aromatic carbocycles. The van der Waals surface area contributed by atoms with Crippen LogP contribution in [0.25, 0.3) is 0 Å². The molecule has 2 heterocycles. The van der Waals surface area contributed by atoms with Crippen LogP contribution in [0.5, 0.6) is 0 Å². The summed E-state index contributed by atoms with van der Waals surface area (Å²) in [5.41, 5.74) is 0.929. The fourth-order valence-corrected chi connectivity index (χ4v) is 3.48. The Morgan fingerprint density at radius 3 is 2.21 bits per heavy atom. The maximum absolute atomic E-state index is 12.7. The third-order valence-electron chi connectivity index (χ3n) is 5.16. The third kappa shape index (κ3) is 7.51. The summed E-state index contributed by atoms with van der Waals surface area (Å²) in [5, 5.41) is 10.4. The zero-order valence-electron chi connectivity index (χ0n) is 17.2. The maximum Gasteiger partial charge on any atom is 0.260 e. The van der Waals surface area contributed by atoms with Gasteiger partial charge in [0, 0.05) is 24.8 Å². The molecule has 0 bridgehead atoms. The lowest BCUT2D eigenvalue weighted by Crippen LogP contribution is -2.41. The van der Waals surface area contributed by atoms with Crippen molar-refractivity contribution >= 4 is 5.78 Å². The van der Waals surface area contributed by atoms with Gasteiger partial charge in [-0.15, -0.1) is 0 Å². The van der Waals surface area contributed by atoms with E-state index in [1.165, 1.54) is 57.8 Å². The maximum atomic E-state index is 12.7. The second-order valence-corrected chi connectivity index (χ2v) is 7.48. The molecule has 0 aliphatic carbocycles. The molecule has 1 unspecified atom stereocenters. The summed E-state index contributed by atoms with van der Waals surface area (Å²) in [6.45, 7) is 3.05. The van der Waals surface area contributed by atoms with Gasteiger partial charge >= 0.3 is 0 Å². The Morgan fingerprint density at radius 1 is 0.929 bits per heavy atom. The van der Waals surface area contributed by atoms with Crippen molar-refractivity contribution in [3.05, 3.63) is 60.2 Å². The van der Waals surface area contributed by atoms with Gasteiger partial charge in [-0.25, -0.2) is 0 Å². The van der Waals surface area contributed by atoms with Crippen molar-refractivity contribution in [2.45, 2.75) is 83.8 Å². The first-order valence-electron chi connectivity index (χ1n) is 10.9. The van der Waals surface area contributed by atoms with E-state index < -0.39 is 6.10 Å². The molecular formula is C24H35N2O2+. The van der Waals surface area contributed by atoms with Gasteiger partial charge in [-0.3, -0.25) is 9.78 Å². The average Bonchev–Trinajstić information content (AvgIpc) is 2.75. The van der Waals surface area contributed by atoms with Crippen molar-refractivity contribution in [3.8, 4) is 0 Å². The normalized spacial score (nSPS) is 12.1. The summed E-state index contributed by atoms with van der Waals surface area (Å²) >= 11 is 0. The highest BCUT2D eigenvalue weighted by Crippen LogP contribution is 2.15. The molecule has 4 nitrogen and oxygen atoms in total. The Morgan fingerprint density at radius 2 is 1.57 bits per heavy atom. The smallest absolute Gasteiger partial charge is 0.260 e. The molecule has 2 rings (SSSR count). The molecular weight excluding hydrogens is 348 g/mol. The van der Waals surface area contributed by atoms with E-state index in [1.807, 2.05) is 22.9 Å². The molecule has 1 N–H and O–H groups in total. The van der Waals surface area contributed by atoms with Gasteiger partial charge in [0.2, 0.25) is 0 Å². The van der Waals surface area contributed by atoms with Gasteiger partial charge in [-0.1, -0.05) is 64.4 Å². The van der Waals surface area contributed by atoms with Crippen LogP contribution in [0.3, 0.4) is 0 Å². The minimum Gasteiger partial charge on any atom is -0.378 e. The molecule has 1 atom stereocenters. The highest BCUT2D eigenvalue weighted by atomic mass is 16.3. The molecule has 0 fully saturated rings. The number of ketones is 1. The quantitative estimate of drug-likeness (QED) is 0.277. The summed E-state index contributed by atoms with van der Waals surface area (Å²) in [6.07, 6.45) is 15.2. The second-order valence-electron chi connectivity index (χ2n) is 7.48. The number of Topliss-reactive ketones (excluding diaryl/α,β-unsaturated/α-hetero) is 1. The van der Waals surface area contributed by atoms with Crippen molar-refractivity contribution in [2.75, 3.05) is 0 Å². The van der Waals surface area contributed by atoms with Crippen LogP contribution in [0, 0.1) is 0 Å². The Balaban J connectivity index is 1.75. The number of unbranched alkanes of at least 4 members (excludes halogenated alkanes) is 9. The van der Waals surface area contributed by atoms with Gasteiger partial charge in [-0.2, -0.15) is 4.57 Å². The molecule has 4 heteroatoms. The second kappa shape index (κ2) is 13.2. The SMILES string of the molecule is CCCCCCCCCCCC[n+]1ccccc1C(=O)C(O)c1ccccn1. The number of rotatable bonds is 14. The number of nitrogens with zero attached hydrogens (tertiary/aromatic N) is 2. The third-order valence-corrected chi connectivity index (χ3v) is 5.16. The van der Waals surface area contributed by atoms with Gasteiger partial charge in [0.15, 0.2) is 12.3 Å². The molecule has 0 saturated carbocycles. The fourth-order valence-electron chi connectivity index (χ4n) is 3.48. The molecule has 2 aromatic heterocycles. The molecule has 0 amide bonds. The van der Waals surface area contributed by atoms with Crippen LogP contribution in [0.4, 0.5) is 0 Å². The number of aryl methyl sites for hydroxylation is 1. The average molecular weight is 384 g/mol. The minimum atomic E-state index is -1.22. The molecule has 0 saturated heterocycles. The summed E-state index contributed by atoms with van der Waals surface area (Å²) in [6, 6.07) is 10.8. The highest BCUT2D eigenvalue weighted by Gasteiger charge is 2.27. The predicted molar refractivity (Wildman–Crippen MR) is 112 cm³/mol. The number of aliphatic hydroxyl groups excluding tert-OH is 1. The number of pyridine rings is 2. The summed E-state index contributed by atoms with van der Waals surface area (Å²) in [4.78, 5) is 16.8. The van der Waals surface area contributed by atoms with Gasteiger partial charge in [0.1, 0.15) is 6.54 Å². The molecule has 2 aromatic rings. The Kier molecular flexibility index (Phi) is 10.4. The van der Waals surface area contributed by atoms with Crippen LogP contribution >= 0.6 is 0 Å². The predicted octanol–water partition coefficient (Wildman–Crippen LogP) is 5.21. The van der Waals surface area contributed by atoms with Gasteiger partial charge in [-0.05, 0) is 24.6 Å². The van der Waals surface area contributed by atoms with E-state index in [4.69, 9.17) is 0 Å². The highest BCUT2D eigenvalue weighted by molar-refractivity contribution is 5.96. The van der Waals surface area contributed by atoms with E-state index in [2.05, 4.69) is 11.9 Å². The number of hydrogen-bond donors (Lipinski definition) is 1. The van der Waals surface area contributed by atoms with Crippen LogP contribution in [-0.4, -0.2) is 15.9 Å². The Hall–Kier alpha value is -2.07. The van der Waals surface area contributed by atoms with Gasteiger partial charge in [0.25, 0.3) is 11.5 Å². The lowest BCUT2D eigenvalue weighted by molar-refractivity contribution is -0.699. The zero-order valence-corrected chi connectivity index (χ0v) is 17.2. The number of aliphatic hydroxyl groups is 1. The van der Waals surface area contributed by atoms with E-state index in [0.29, 0.717) is 11.4 Å². The van der Waals surface area contributed by atoms with Crippen molar-refractivity contribution in [1.29, 1.82) is 0 Å². The lowest BCUT2D eigenvalue weighted by atomic mass is 10.1. The largest absolute Gasteiger partial charge is 0.378 e. The fraction of sp³-hybridized carbons (Fsp3) is 0.542. The molecule has 0 aliphatic rings. The summed E-state index contributed by atoms with van der Waals surface area (Å²) in [7, 11) is 0. The molecule has 152 valence electrons. The van der Waals surface area contributed by atoms with Crippen LogP contribution in [0.2, 0.25) is 0 Å². The number of carbonyl (C=O) groups excluding carboxylic acids is 1. The first kappa shape index (κ1) is 22.2. The standard InChI is InChI=1S/C24H35N2O2/c1-2-3-4-5-6-7-8-9-10-14-19-26-20-15-12-17-22(26)24(28)23(27)21-16-11-13-18-25-21/h11-13,15-18,20,23,27H,2-10,14,19H2,1H3/q+1. The molecule has 28 heavy (non-hydrogen) atoms. The van der Waals surface area contributed by atoms with E-state index in [1.54, 1.807) is 30.5 Å². The van der Waals surface area contributed by atoms with Crippen molar-refractivity contribution in [1.82, 2.24) is 4.98 Å². The molecule has 0 spiro atoms. The van der Waals surface area contributed by atoms with E-state index in [9.17, 15) is 9.90 Å². The zero-order chi connectivity index (χ0) is 20.0. The first-order valence-corrected chi connectivity index (χ1v) is 10.9. The van der Waals surface area contributed by atoms with Crippen LogP contribution in [0.1, 0.15) is 93.4 Å². The van der Waals surface area contributed by atoms with Crippen molar-refractivity contribution < 1.29 is 14.5 Å². The van der Waals surface area contributed by atoms with E-state index in [-0.39, 0.29) is 5.78 Å². The molecule has 0 radical (unpaired) electrons. The molecule has 0 aliphatic heterocycles.